The summed E-state index contributed by atoms with van der Waals surface area (Å²) in [6.07, 6.45) is 2.20. The summed E-state index contributed by atoms with van der Waals surface area (Å²) >= 11 is 3.48. The van der Waals surface area contributed by atoms with Crippen molar-refractivity contribution in [3.8, 4) is 5.75 Å². The second-order valence-corrected chi connectivity index (χ2v) is 5.53. The maximum atomic E-state index is 12.4. The molecule has 1 aromatic carbocycles. The normalized spacial score (nSPS) is 19.9. The summed E-state index contributed by atoms with van der Waals surface area (Å²) in [5.74, 6) is 0.583. The molecule has 0 saturated carbocycles. The first-order valence-electron chi connectivity index (χ1n) is 6.27. The fourth-order valence-electron chi connectivity index (χ4n) is 2.38. The van der Waals surface area contributed by atoms with E-state index in [1.54, 1.807) is 6.07 Å². The van der Waals surface area contributed by atoms with Crippen LogP contribution in [0.2, 0.25) is 0 Å². The summed E-state index contributed by atoms with van der Waals surface area (Å²) in [6.45, 7) is 3.37. The first-order chi connectivity index (χ1) is 8.63. The predicted molar refractivity (Wildman–Crippen MR) is 75.3 cm³/mol. The maximum Gasteiger partial charge on any atom is 0.257 e. The highest BCUT2D eigenvalue weighted by atomic mass is 79.9. The lowest BCUT2D eigenvalue weighted by atomic mass is 9.99. The van der Waals surface area contributed by atoms with Crippen molar-refractivity contribution in [3.63, 3.8) is 0 Å². The number of carbonyl (C=O) groups excluding carboxylic acids is 1. The molecule has 1 aliphatic heterocycles. The summed E-state index contributed by atoms with van der Waals surface area (Å²) in [7, 11) is 0. The second kappa shape index (κ2) is 5.74. The molecular formula is C14H18BrNO2. The van der Waals surface area contributed by atoms with Gasteiger partial charge in [-0.25, -0.2) is 0 Å². The number of para-hydroxylation sites is 1. The number of aryl methyl sites for hydroxylation is 1. The van der Waals surface area contributed by atoms with Crippen molar-refractivity contribution < 1.29 is 9.90 Å². The van der Waals surface area contributed by atoms with Crippen LogP contribution in [-0.4, -0.2) is 34.3 Å². The van der Waals surface area contributed by atoms with E-state index in [0.717, 1.165) is 36.8 Å². The fourth-order valence-corrected chi connectivity index (χ4v) is 2.91. The van der Waals surface area contributed by atoms with E-state index < -0.39 is 0 Å². The van der Waals surface area contributed by atoms with E-state index in [1.807, 2.05) is 24.0 Å². The summed E-state index contributed by atoms with van der Waals surface area (Å²) in [6, 6.07) is 5.32. The van der Waals surface area contributed by atoms with Gasteiger partial charge in [0, 0.05) is 18.4 Å². The van der Waals surface area contributed by atoms with Crippen LogP contribution in [0.25, 0.3) is 0 Å². The molecule has 0 aliphatic carbocycles. The molecule has 1 saturated heterocycles. The molecule has 0 radical (unpaired) electrons. The molecular weight excluding hydrogens is 294 g/mol. The Morgan fingerprint density at radius 2 is 2.33 bits per heavy atom. The van der Waals surface area contributed by atoms with Crippen LogP contribution in [0.4, 0.5) is 0 Å². The van der Waals surface area contributed by atoms with E-state index in [4.69, 9.17) is 0 Å². The minimum atomic E-state index is -0.0538. The highest BCUT2D eigenvalue weighted by Crippen LogP contribution is 2.25. The first kappa shape index (κ1) is 13.4. The number of likely N-dealkylation sites (tertiary alicyclic amines) is 1. The van der Waals surface area contributed by atoms with E-state index in [2.05, 4.69) is 15.9 Å². The first-order valence-corrected chi connectivity index (χ1v) is 7.39. The van der Waals surface area contributed by atoms with Crippen LogP contribution in [-0.2, 0) is 0 Å². The third kappa shape index (κ3) is 2.69. The Labute approximate surface area is 116 Å². The highest BCUT2D eigenvalue weighted by molar-refractivity contribution is 9.09. The van der Waals surface area contributed by atoms with Crippen LogP contribution in [0.15, 0.2) is 18.2 Å². The summed E-state index contributed by atoms with van der Waals surface area (Å²) in [4.78, 5) is 14.2. The average Bonchev–Trinajstić information content (AvgIpc) is 2.41. The van der Waals surface area contributed by atoms with Crippen LogP contribution in [0, 0.1) is 12.8 Å². The predicted octanol–water partition coefficient (Wildman–Crippen LogP) is 2.95. The lowest BCUT2D eigenvalue weighted by Crippen LogP contribution is -2.40. The number of amides is 1. The SMILES string of the molecule is Cc1cccc(C(=O)N2CCCC(CBr)C2)c1O. The number of piperidine rings is 1. The number of hydrogen-bond acceptors (Lipinski definition) is 2. The molecule has 1 aliphatic rings. The minimum absolute atomic E-state index is 0.0538. The number of phenolic OH excluding ortho intramolecular Hbond substituents is 1. The van der Waals surface area contributed by atoms with E-state index in [9.17, 15) is 9.90 Å². The number of rotatable bonds is 2. The lowest BCUT2D eigenvalue weighted by molar-refractivity contribution is 0.0683. The molecule has 1 atom stereocenters. The summed E-state index contributed by atoms with van der Waals surface area (Å²) < 4.78 is 0. The van der Waals surface area contributed by atoms with Gasteiger partial charge in [-0.15, -0.1) is 0 Å². The Morgan fingerprint density at radius 1 is 1.56 bits per heavy atom. The zero-order valence-corrected chi connectivity index (χ0v) is 12.1. The van der Waals surface area contributed by atoms with Crippen molar-refractivity contribution >= 4 is 21.8 Å². The quantitative estimate of drug-likeness (QED) is 0.853. The van der Waals surface area contributed by atoms with Crippen molar-refractivity contribution in [2.75, 3.05) is 18.4 Å². The van der Waals surface area contributed by atoms with Gasteiger partial charge in [0.25, 0.3) is 5.91 Å². The number of aromatic hydroxyl groups is 1. The molecule has 0 spiro atoms. The monoisotopic (exact) mass is 311 g/mol. The van der Waals surface area contributed by atoms with Gasteiger partial charge in [-0.05, 0) is 37.3 Å². The van der Waals surface area contributed by atoms with Gasteiger partial charge in [0.15, 0.2) is 0 Å². The number of benzene rings is 1. The van der Waals surface area contributed by atoms with Crippen LogP contribution < -0.4 is 0 Å². The van der Waals surface area contributed by atoms with Gasteiger partial charge >= 0.3 is 0 Å². The summed E-state index contributed by atoms with van der Waals surface area (Å²) in [5.41, 5.74) is 1.17. The zero-order chi connectivity index (χ0) is 13.1. The van der Waals surface area contributed by atoms with Crippen LogP contribution in [0.1, 0.15) is 28.8 Å². The van der Waals surface area contributed by atoms with E-state index >= 15 is 0 Å². The Bertz CT molecular complexity index is 447. The third-order valence-electron chi connectivity index (χ3n) is 3.49. The van der Waals surface area contributed by atoms with E-state index in [1.165, 1.54) is 0 Å². The van der Waals surface area contributed by atoms with Crippen LogP contribution >= 0.6 is 15.9 Å². The number of halogens is 1. The lowest BCUT2D eigenvalue weighted by Gasteiger charge is -2.32. The number of alkyl halides is 1. The number of nitrogens with zero attached hydrogens (tertiary/aromatic N) is 1. The molecule has 3 nitrogen and oxygen atoms in total. The van der Waals surface area contributed by atoms with Gasteiger partial charge in [-0.3, -0.25) is 4.79 Å². The molecule has 1 aromatic rings. The molecule has 1 N–H and O–H groups in total. The van der Waals surface area contributed by atoms with Gasteiger partial charge in [0.05, 0.1) is 5.56 Å². The fraction of sp³-hybridized carbons (Fsp3) is 0.500. The molecule has 1 heterocycles. The van der Waals surface area contributed by atoms with Crippen molar-refractivity contribution in [3.05, 3.63) is 29.3 Å². The average molecular weight is 312 g/mol. The molecule has 1 fully saturated rings. The standard InChI is InChI=1S/C14H18BrNO2/c1-10-4-2-6-12(13(10)17)14(18)16-7-3-5-11(8-15)9-16/h2,4,6,11,17H,3,5,7-9H2,1H3. The van der Waals surface area contributed by atoms with Crippen LogP contribution in [0.5, 0.6) is 5.75 Å². The Balaban J connectivity index is 2.18. The second-order valence-electron chi connectivity index (χ2n) is 4.88. The number of carbonyl (C=O) groups is 1. The summed E-state index contributed by atoms with van der Waals surface area (Å²) in [5, 5.41) is 10.9. The van der Waals surface area contributed by atoms with Gasteiger partial charge < -0.3 is 10.0 Å². The Hall–Kier alpha value is -1.03. The minimum Gasteiger partial charge on any atom is -0.507 e. The molecule has 18 heavy (non-hydrogen) atoms. The molecule has 4 heteroatoms. The molecule has 0 bridgehead atoms. The third-order valence-corrected chi connectivity index (χ3v) is 4.41. The topological polar surface area (TPSA) is 40.5 Å². The van der Waals surface area contributed by atoms with E-state index in [0.29, 0.717) is 11.5 Å². The largest absolute Gasteiger partial charge is 0.507 e. The molecule has 98 valence electrons. The molecule has 2 rings (SSSR count). The van der Waals surface area contributed by atoms with Gasteiger partial charge in [-0.1, -0.05) is 28.1 Å². The van der Waals surface area contributed by atoms with Crippen molar-refractivity contribution in [1.82, 2.24) is 4.90 Å². The highest BCUT2D eigenvalue weighted by Gasteiger charge is 2.25. The van der Waals surface area contributed by atoms with Gasteiger partial charge in [-0.2, -0.15) is 0 Å². The number of hydrogen-bond donors (Lipinski definition) is 1. The van der Waals surface area contributed by atoms with Crippen LogP contribution in [0.3, 0.4) is 0 Å². The van der Waals surface area contributed by atoms with Crippen molar-refractivity contribution in [1.29, 1.82) is 0 Å². The Kier molecular flexibility index (Phi) is 4.27. The molecule has 1 unspecified atom stereocenters. The van der Waals surface area contributed by atoms with E-state index in [-0.39, 0.29) is 11.7 Å². The zero-order valence-electron chi connectivity index (χ0n) is 10.5. The molecule has 0 aromatic heterocycles. The molecule has 1 amide bonds. The number of phenols is 1. The van der Waals surface area contributed by atoms with Crippen molar-refractivity contribution in [2.24, 2.45) is 5.92 Å². The maximum absolute atomic E-state index is 12.4. The van der Waals surface area contributed by atoms with Gasteiger partial charge in [0.2, 0.25) is 0 Å². The smallest absolute Gasteiger partial charge is 0.257 e. The Morgan fingerprint density at radius 3 is 3.06 bits per heavy atom. The van der Waals surface area contributed by atoms with Crippen molar-refractivity contribution in [2.45, 2.75) is 19.8 Å². The van der Waals surface area contributed by atoms with Gasteiger partial charge in [0.1, 0.15) is 5.75 Å².